The smallest absolute Gasteiger partial charge is 0.294 e. The van der Waals surface area contributed by atoms with Gasteiger partial charge in [-0.15, -0.1) is 0 Å². The van der Waals surface area contributed by atoms with Crippen LogP contribution in [0.15, 0.2) is 29.1 Å². The van der Waals surface area contributed by atoms with Gasteiger partial charge in [0.1, 0.15) is 11.4 Å². The van der Waals surface area contributed by atoms with E-state index in [1.807, 2.05) is 63.7 Å². The van der Waals surface area contributed by atoms with E-state index in [0.29, 0.717) is 12.3 Å². The summed E-state index contributed by atoms with van der Waals surface area (Å²) in [6.45, 7) is 8.68. The van der Waals surface area contributed by atoms with Crippen LogP contribution < -0.4 is 16.0 Å². The van der Waals surface area contributed by atoms with Crippen LogP contribution in [0, 0.1) is 0 Å². The molecule has 5 heteroatoms. The number of hydrogen-bond acceptors (Lipinski definition) is 3. The van der Waals surface area contributed by atoms with Crippen molar-refractivity contribution in [1.29, 1.82) is 0 Å². The summed E-state index contributed by atoms with van der Waals surface area (Å²) in [7, 11) is 1.86. The molecule has 1 heterocycles. The summed E-state index contributed by atoms with van der Waals surface area (Å²) in [6, 6.07) is 7.42. The first-order chi connectivity index (χ1) is 9.77. The predicted octanol–water partition coefficient (Wildman–Crippen LogP) is 2.45. The van der Waals surface area contributed by atoms with Crippen LogP contribution in [0.3, 0.4) is 0 Å². The van der Waals surface area contributed by atoms with Gasteiger partial charge in [-0.2, -0.15) is 0 Å². The van der Waals surface area contributed by atoms with E-state index in [2.05, 4.69) is 0 Å². The molecule has 0 fully saturated rings. The molecule has 0 atom stereocenters. The molecule has 2 N–H and O–H groups in total. The molecule has 0 aliphatic rings. The van der Waals surface area contributed by atoms with Gasteiger partial charge in [-0.1, -0.05) is 20.8 Å². The van der Waals surface area contributed by atoms with Gasteiger partial charge in [0.2, 0.25) is 0 Å². The number of benzene rings is 1. The van der Waals surface area contributed by atoms with E-state index in [-0.39, 0.29) is 11.0 Å². The molecular weight excluding hydrogens is 266 g/mol. The van der Waals surface area contributed by atoms with Gasteiger partial charge < -0.3 is 10.5 Å². The van der Waals surface area contributed by atoms with Crippen molar-refractivity contribution < 1.29 is 4.74 Å². The quantitative estimate of drug-likeness (QED) is 0.944. The Morgan fingerprint density at radius 1 is 1.19 bits per heavy atom. The van der Waals surface area contributed by atoms with Crippen LogP contribution in [-0.4, -0.2) is 16.0 Å². The minimum atomic E-state index is -0.200. The topological polar surface area (TPSA) is 62.2 Å². The van der Waals surface area contributed by atoms with E-state index < -0.39 is 0 Å². The van der Waals surface area contributed by atoms with Crippen molar-refractivity contribution in [3.05, 3.63) is 40.3 Å². The van der Waals surface area contributed by atoms with E-state index in [0.717, 1.165) is 17.1 Å². The second kappa shape index (κ2) is 5.31. The van der Waals surface area contributed by atoms with Gasteiger partial charge in [0.25, 0.3) is 5.56 Å². The average molecular weight is 289 g/mol. The van der Waals surface area contributed by atoms with E-state index in [4.69, 9.17) is 10.5 Å². The maximum Gasteiger partial charge on any atom is 0.294 e. The maximum absolute atomic E-state index is 12.5. The Kier molecular flexibility index (Phi) is 3.85. The molecule has 5 nitrogen and oxygen atoms in total. The molecule has 0 spiro atoms. The monoisotopic (exact) mass is 289 g/mol. The highest BCUT2D eigenvalue weighted by Gasteiger charge is 2.26. The molecule has 0 aliphatic carbocycles. The lowest BCUT2D eigenvalue weighted by Gasteiger charge is -2.21. The number of rotatable bonds is 3. The number of nitrogens with zero attached hydrogens (tertiary/aromatic N) is 2. The third-order valence-electron chi connectivity index (χ3n) is 3.40. The van der Waals surface area contributed by atoms with Crippen molar-refractivity contribution in [3.8, 4) is 11.4 Å². The van der Waals surface area contributed by atoms with Crippen LogP contribution in [0.25, 0.3) is 5.69 Å². The third-order valence-corrected chi connectivity index (χ3v) is 3.40. The summed E-state index contributed by atoms with van der Waals surface area (Å²) in [6.07, 6.45) is 0. The summed E-state index contributed by atoms with van der Waals surface area (Å²) in [5.41, 5.74) is 7.55. The second-order valence-corrected chi connectivity index (χ2v) is 6.08. The molecule has 0 saturated carbocycles. The number of hydrogen-bond donors (Lipinski definition) is 1. The molecule has 0 radical (unpaired) electrons. The summed E-state index contributed by atoms with van der Waals surface area (Å²) in [4.78, 5) is 12.5. The van der Waals surface area contributed by atoms with Gasteiger partial charge in [0, 0.05) is 12.5 Å². The van der Waals surface area contributed by atoms with E-state index in [1.54, 1.807) is 4.68 Å². The van der Waals surface area contributed by atoms with Crippen LogP contribution >= 0.6 is 0 Å². The Bertz CT molecular complexity index is 688. The molecule has 0 saturated heterocycles. The van der Waals surface area contributed by atoms with Gasteiger partial charge in [-0.25, -0.2) is 4.68 Å². The molecule has 0 aliphatic heterocycles. The minimum absolute atomic E-state index is 0.188. The normalized spacial score (nSPS) is 11.7. The van der Waals surface area contributed by atoms with Gasteiger partial charge >= 0.3 is 0 Å². The molecule has 114 valence electrons. The van der Waals surface area contributed by atoms with Crippen molar-refractivity contribution in [2.24, 2.45) is 7.05 Å². The number of ether oxygens (including phenoxy) is 1. The Hall–Kier alpha value is -2.17. The highest BCUT2D eigenvalue weighted by molar-refractivity contribution is 5.49. The zero-order valence-electron chi connectivity index (χ0n) is 13.3. The lowest BCUT2D eigenvalue weighted by molar-refractivity contribution is 0.340. The molecule has 2 aromatic rings. The molecule has 2 rings (SSSR count). The van der Waals surface area contributed by atoms with Gasteiger partial charge in [-0.3, -0.25) is 9.48 Å². The van der Waals surface area contributed by atoms with E-state index in [1.165, 1.54) is 0 Å². The number of nitrogen functional groups attached to an aromatic ring is 1. The fourth-order valence-electron chi connectivity index (χ4n) is 2.66. The van der Waals surface area contributed by atoms with Crippen LogP contribution in [0.2, 0.25) is 0 Å². The molecule has 0 amide bonds. The summed E-state index contributed by atoms with van der Waals surface area (Å²) < 4.78 is 8.84. The lowest BCUT2D eigenvalue weighted by Crippen LogP contribution is -2.22. The Balaban J connectivity index is 2.57. The maximum atomic E-state index is 12.5. The van der Waals surface area contributed by atoms with Crippen molar-refractivity contribution in [2.45, 2.75) is 33.1 Å². The summed E-state index contributed by atoms with van der Waals surface area (Å²) >= 11 is 0. The molecular formula is C16H23N3O2. The van der Waals surface area contributed by atoms with Crippen LogP contribution in [-0.2, 0) is 12.5 Å². The minimum Gasteiger partial charge on any atom is -0.494 e. The van der Waals surface area contributed by atoms with E-state index in [9.17, 15) is 4.79 Å². The zero-order chi connectivity index (χ0) is 15.8. The van der Waals surface area contributed by atoms with Crippen molar-refractivity contribution in [1.82, 2.24) is 9.36 Å². The predicted molar refractivity (Wildman–Crippen MR) is 85.3 cm³/mol. The van der Waals surface area contributed by atoms with Crippen molar-refractivity contribution in [2.75, 3.05) is 12.3 Å². The first-order valence-corrected chi connectivity index (χ1v) is 7.08. The third kappa shape index (κ3) is 2.68. The van der Waals surface area contributed by atoms with Gasteiger partial charge in [0.05, 0.1) is 18.0 Å². The first kappa shape index (κ1) is 15.2. The molecule has 1 aromatic carbocycles. The highest BCUT2D eigenvalue weighted by atomic mass is 16.5. The van der Waals surface area contributed by atoms with E-state index >= 15 is 0 Å². The molecule has 1 aromatic heterocycles. The molecule has 21 heavy (non-hydrogen) atoms. The Labute approximate surface area is 124 Å². The second-order valence-electron chi connectivity index (χ2n) is 6.08. The fourth-order valence-corrected chi connectivity index (χ4v) is 2.66. The van der Waals surface area contributed by atoms with Crippen LogP contribution in [0.5, 0.6) is 5.75 Å². The van der Waals surface area contributed by atoms with Crippen molar-refractivity contribution >= 4 is 5.69 Å². The van der Waals surface area contributed by atoms with Gasteiger partial charge in [0.15, 0.2) is 0 Å². The standard InChI is InChI=1S/C16H23N3O2/c1-6-21-12-9-7-11(8-10-12)19-15(20)13(17)14(18(19)5)16(2,3)4/h7-10H,6,17H2,1-5H3. The first-order valence-electron chi connectivity index (χ1n) is 7.08. The number of aromatic nitrogens is 2. The SMILES string of the molecule is CCOc1ccc(-n2c(=O)c(N)c(C(C)(C)C)n2C)cc1. The number of anilines is 1. The zero-order valence-corrected chi connectivity index (χ0v) is 13.3. The summed E-state index contributed by atoms with van der Waals surface area (Å²) in [5.74, 6) is 0.785. The largest absolute Gasteiger partial charge is 0.494 e. The summed E-state index contributed by atoms with van der Waals surface area (Å²) in [5, 5.41) is 0. The average Bonchev–Trinajstić information content (AvgIpc) is 2.61. The van der Waals surface area contributed by atoms with Crippen LogP contribution in [0.1, 0.15) is 33.4 Å². The lowest BCUT2D eigenvalue weighted by atomic mass is 9.91. The Morgan fingerprint density at radius 3 is 2.19 bits per heavy atom. The Morgan fingerprint density at radius 2 is 1.76 bits per heavy atom. The molecule has 0 bridgehead atoms. The van der Waals surface area contributed by atoms with Crippen LogP contribution in [0.4, 0.5) is 5.69 Å². The van der Waals surface area contributed by atoms with Gasteiger partial charge in [-0.05, 0) is 31.2 Å². The number of nitrogens with two attached hydrogens (primary N) is 1. The molecule has 0 unspecified atom stereocenters. The highest BCUT2D eigenvalue weighted by Crippen LogP contribution is 2.27. The fraction of sp³-hybridized carbons (Fsp3) is 0.438. The van der Waals surface area contributed by atoms with Crippen molar-refractivity contribution in [3.63, 3.8) is 0 Å².